The molecule has 7 heteroatoms. The van der Waals surface area contributed by atoms with E-state index in [0.29, 0.717) is 11.2 Å². The van der Waals surface area contributed by atoms with Crippen LogP contribution in [0.15, 0.2) is 17.3 Å². The van der Waals surface area contributed by atoms with Gasteiger partial charge in [-0.1, -0.05) is 11.8 Å². The minimum absolute atomic E-state index is 0.00398. The third-order valence-corrected chi connectivity index (χ3v) is 4.30. The van der Waals surface area contributed by atoms with Gasteiger partial charge in [-0.25, -0.2) is 0 Å². The van der Waals surface area contributed by atoms with Crippen molar-refractivity contribution in [3.63, 3.8) is 0 Å². The average Bonchev–Trinajstić information content (AvgIpc) is 3.17. The molecule has 1 saturated carbocycles. The molecule has 0 radical (unpaired) electrons. The molecule has 0 spiro atoms. The van der Waals surface area contributed by atoms with E-state index >= 15 is 0 Å². The molecule has 110 valence electrons. The van der Waals surface area contributed by atoms with Crippen molar-refractivity contribution in [2.24, 2.45) is 0 Å². The van der Waals surface area contributed by atoms with Crippen molar-refractivity contribution in [1.82, 2.24) is 19.7 Å². The highest BCUT2D eigenvalue weighted by molar-refractivity contribution is 7.99. The second-order valence-corrected chi connectivity index (χ2v) is 6.12. The molecular formula is C14H16N4O2S. The van der Waals surface area contributed by atoms with Crippen LogP contribution in [-0.4, -0.2) is 36.6 Å². The fourth-order valence-electron chi connectivity index (χ4n) is 2.27. The molecular weight excluding hydrogens is 288 g/mol. The first-order valence-corrected chi connectivity index (χ1v) is 7.79. The Morgan fingerprint density at radius 3 is 2.76 bits per heavy atom. The molecule has 2 aromatic heterocycles. The predicted octanol–water partition coefficient (Wildman–Crippen LogP) is 2.47. The number of aryl methyl sites for hydroxylation is 2. The second-order valence-electron chi connectivity index (χ2n) is 5.18. The van der Waals surface area contributed by atoms with Gasteiger partial charge in [0.15, 0.2) is 11.0 Å². The lowest BCUT2D eigenvalue weighted by molar-refractivity contribution is -0.133. The average molecular weight is 304 g/mol. The lowest BCUT2D eigenvalue weighted by Gasteiger charge is -2.10. The molecule has 0 aromatic carbocycles. The summed E-state index contributed by atoms with van der Waals surface area (Å²) in [6.07, 6.45) is 2.17. The van der Waals surface area contributed by atoms with Gasteiger partial charge in [0.05, 0.1) is 5.75 Å². The van der Waals surface area contributed by atoms with Crippen molar-refractivity contribution < 1.29 is 9.90 Å². The van der Waals surface area contributed by atoms with Crippen LogP contribution >= 0.6 is 11.8 Å². The first-order chi connectivity index (χ1) is 10.1. The van der Waals surface area contributed by atoms with Crippen LogP contribution in [0.2, 0.25) is 0 Å². The number of hydrogen-bond acceptors (Lipinski definition) is 5. The molecule has 0 unspecified atom stereocenters. The van der Waals surface area contributed by atoms with Crippen LogP contribution in [0.1, 0.15) is 30.3 Å². The molecule has 3 rings (SSSR count). The van der Waals surface area contributed by atoms with Gasteiger partial charge < -0.3 is 5.11 Å². The fourth-order valence-corrected chi connectivity index (χ4v) is 3.00. The summed E-state index contributed by atoms with van der Waals surface area (Å²) in [6, 6.07) is 4.34. The van der Waals surface area contributed by atoms with E-state index in [0.717, 1.165) is 35.6 Å². The van der Waals surface area contributed by atoms with Gasteiger partial charge in [-0.2, -0.15) is 0 Å². The van der Waals surface area contributed by atoms with Gasteiger partial charge in [-0.05, 0) is 38.8 Å². The highest BCUT2D eigenvalue weighted by Gasteiger charge is 2.30. The van der Waals surface area contributed by atoms with E-state index in [1.165, 1.54) is 11.8 Å². The zero-order valence-corrected chi connectivity index (χ0v) is 12.7. The third-order valence-electron chi connectivity index (χ3n) is 3.37. The second kappa shape index (κ2) is 5.48. The molecule has 1 fully saturated rings. The van der Waals surface area contributed by atoms with Crippen LogP contribution in [0.25, 0.3) is 11.4 Å². The summed E-state index contributed by atoms with van der Waals surface area (Å²) in [6.45, 7) is 3.91. The van der Waals surface area contributed by atoms with Crippen molar-refractivity contribution in [3.8, 4) is 11.4 Å². The minimum Gasteiger partial charge on any atom is -0.481 e. The Morgan fingerprint density at radius 2 is 2.14 bits per heavy atom. The zero-order chi connectivity index (χ0) is 15.0. The van der Waals surface area contributed by atoms with E-state index in [9.17, 15) is 4.79 Å². The van der Waals surface area contributed by atoms with Crippen molar-refractivity contribution in [1.29, 1.82) is 0 Å². The van der Waals surface area contributed by atoms with E-state index < -0.39 is 5.97 Å². The molecule has 1 N–H and O–H groups in total. The van der Waals surface area contributed by atoms with E-state index in [4.69, 9.17) is 5.11 Å². The highest BCUT2D eigenvalue weighted by atomic mass is 32.2. The fraction of sp³-hybridized carbons (Fsp3) is 0.429. The summed E-state index contributed by atoms with van der Waals surface area (Å²) in [5, 5.41) is 18.0. The third kappa shape index (κ3) is 2.92. The maximum absolute atomic E-state index is 10.7. The molecule has 1 aliphatic rings. The van der Waals surface area contributed by atoms with Crippen molar-refractivity contribution in [2.75, 3.05) is 5.75 Å². The smallest absolute Gasteiger partial charge is 0.313 e. The lowest BCUT2D eigenvalue weighted by Crippen LogP contribution is -2.04. The van der Waals surface area contributed by atoms with Gasteiger partial charge in [-0.15, -0.1) is 10.2 Å². The van der Waals surface area contributed by atoms with Crippen LogP contribution in [0.3, 0.4) is 0 Å². The number of aromatic nitrogens is 4. The van der Waals surface area contributed by atoms with Crippen molar-refractivity contribution >= 4 is 17.7 Å². The van der Waals surface area contributed by atoms with E-state index in [1.54, 1.807) is 0 Å². The van der Waals surface area contributed by atoms with E-state index in [1.807, 2.05) is 26.0 Å². The highest BCUT2D eigenvalue weighted by Crippen LogP contribution is 2.41. The zero-order valence-electron chi connectivity index (χ0n) is 11.9. The Morgan fingerprint density at radius 1 is 1.38 bits per heavy atom. The van der Waals surface area contributed by atoms with Crippen LogP contribution in [-0.2, 0) is 4.79 Å². The van der Waals surface area contributed by atoms with E-state index in [2.05, 4.69) is 19.7 Å². The van der Waals surface area contributed by atoms with Gasteiger partial charge in [-0.3, -0.25) is 14.3 Å². The SMILES string of the molecule is Cc1ccc(-c2nnc(SCC(=O)O)n2C2CC2)c(C)n1. The maximum Gasteiger partial charge on any atom is 0.313 e. The Labute approximate surface area is 126 Å². The standard InChI is InChI=1S/C14H16N4O2S/c1-8-3-6-11(9(2)15-8)13-16-17-14(21-7-12(19)20)18(13)10-4-5-10/h3,6,10H,4-5,7H2,1-2H3,(H,19,20). The van der Waals surface area contributed by atoms with Crippen LogP contribution in [0.4, 0.5) is 0 Å². The number of nitrogens with zero attached hydrogens (tertiary/aromatic N) is 4. The molecule has 0 amide bonds. The molecule has 1 aliphatic carbocycles. The maximum atomic E-state index is 10.7. The topological polar surface area (TPSA) is 80.9 Å². The molecule has 0 bridgehead atoms. The summed E-state index contributed by atoms with van der Waals surface area (Å²) >= 11 is 1.22. The monoisotopic (exact) mass is 304 g/mol. The Balaban J connectivity index is 2.00. The molecule has 0 saturated heterocycles. The van der Waals surface area contributed by atoms with Gasteiger partial charge in [0.2, 0.25) is 0 Å². The molecule has 0 atom stereocenters. The number of carboxylic acid groups (broad SMARTS) is 1. The number of carbonyl (C=O) groups is 1. The summed E-state index contributed by atoms with van der Waals surface area (Å²) < 4.78 is 2.06. The quantitative estimate of drug-likeness (QED) is 0.855. The number of rotatable bonds is 5. The van der Waals surface area contributed by atoms with Gasteiger partial charge in [0.25, 0.3) is 0 Å². The van der Waals surface area contributed by atoms with Gasteiger partial charge >= 0.3 is 5.97 Å². The first kappa shape index (κ1) is 14.1. The first-order valence-electron chi connectivity index (χ1n) is 6.80. The van der Waals surface area contributed by atoms with Crippen molar-refractivity contribution in [3.05, 3.63) is 23.5 Å². The minimum atomic E-state index is -0.847. The van der Waals surface area contributed by atoms with Crippen LogP contribution in [0.5, 0.6) is 0 Å². The summed E-state index contributed by atoms with van der Waals surface area (Å²) in [7, 11) is 0. The van der Waals surface area contributed by atoms with E-state index in [-0.39, 0.29) is 5.75 Å². The predicted molar refractivity (Wildman–Crippen MR) is 79.4 cm³/mol. The molecule has 21 heavy (non-hydrogen) atoms. The molecule has 2 aromatic rings. The van der Waals surface area contributed by atoms with Crippen LogP contribution < -0.4 is 0 Å². The number of aliphatic carboxylic acids is 1. The molecule has 2 heterocycles. The Kier molecular flexibility index (Phi) is 3.67. The summed E-state index contributed by atoms with van der Waals surface area (Å²) in [5.74, 6) is -0.0637. The Bertz CT molecular complexity index is 694. The van der Waals surface area contributed by atoms with Gasteiger partial charge in [0.1, 0.15) is 0 Å². The largest absolute Gasteiger partial charge is 0.481 e. The van der Waals surface area contributed by atoms with Crippen LogP contribution in [0, 0.1) is 13.8 Å². The number of pyridine rings is 1. The lowest BCUT2D eigenvalue weighted by atomic mass is 10.1. The van der Waals surface area contributed by atoms with Crippen molar-refractivity contribution in [2.45, 2.75) is 37.9 Å². The molecule has 6 nitrogen and oxygen atoms in total. The number of carboxylic acids is 1. The number of thioether (sulfide) groups is 1. The summed E-state index contributed by atoms with van der Waals surface area (Å²) in [5.41, 5.74) is 2.84. The Hall–Kier alpha value is -1.89. The normalized spacial score (nSPS) is 14.4. The number of hydrogen-bond donors (Lipinski definition) is 1. The molecule has 0 aliphatic heterocycles. The summed E-state index contributed by atoms with van der Waals surface area (Å²) in [4.78, 5) is 15.2. The van der Waals surface area contributed by atoms with Gasteiger partial charge in [0, 0.05) is 23.0 Å².